The van der Waals surface area contributed by atoms with Crippen molar-refractivity contribution in [1.29, 1.82) is 0 Å². The molecular formula is C12H15N3S3. The van der Waals surface area contributed by atoms with Crippen LogP contribution in [0.15, 0.2) is 15.0 Å². The van der Waals surface area contributed by atoms with E-state index in [0.29, 0.717) is 33.9 Å². The molecular weight excluding hydrogens is 282 g/mol. The summed E-state index contributed by atoms with van der Waals surface area (Å²) in [6, 6.07) is 1.26. The zero-order chi connectivity index (χ0) is 12.4. The molecule has 0 unspecified atom stereocenters. The van der Waals surface area contributed by atoms with E-state index in [1.54, 1.807) is 0 Å². The molecule has 3 heterocycles. The van der Waals surface area contributed by atoms with Gasteiger partial charge in [-0.15, -0.1) is 35.3 Å². The molecule has 0 saturated heterocycles. The van der Waals surface area contributed by atoms with Gasteiger partial charge in [0.1, 0.15) is 0 Å². The van der Waals surface area contributed by atoms with E-state index in [0.717, 1.165) is 0 Å². The van der Waals surface area contributed by atoms with Crippen molar-refractivity contribution < 1.29 is 0 Å². The number of hydrogen-bond acceptors (Lipinski definition) is 6. The third-order valence-electron chi connectivity index (χ3n) is 3.93. The highest BCUT2D eigenvalue weighted by Crippen LogP contribution is 2.52. The highest BCUT2D eigenvalue weighted by atomic mass is 32.2. The molecule has 18 heavy (non-hydrogen) atoms. The van der Waals surface area contributed by atoms with Crippen LogP contribution in [0.5, 0.6) is 0 Å². The monoisotopic (exact) mass is 297 g/mol. The van der Waals surface area contributed by atoms with Crippen LogP contribution < -0.4 is 0 Å². The van der Waals surface area contributed by atoms with Gasteiger partial charge in [0, 0.05) is 0 Å². The fourth-order valence-electron chi connectivity index (χ4n) is 3.34. The maximum absolute atomic E-state index is 4.88. The highest BCUT2D eigenvalue weighted by molar-refractivity contribution is 8.16. The molecule has 1 aliphatic carbocycles. The van der Waals surface area contributed by atoms with Gasteiger partial charge in [-0.2, -0.15) is 0 Å². The topological polar surface area (TPSA) is 37.1 Å². The van der Waals surface area contributed by atoms with Crippen molar-refractivity contribution in [1.82, 2.24) is 0 Å². The lowest BCUT2D eigenvalue weighted by Gasteiger charge is -2.39. The quantitative estimate of drug-likeness (QED) is 0.690. The first-order valence-corrected chi connectivity index (χ1v) is 8.90. The molecule has 96 valence electrons. The minimum atomic E-state index is 0.419. The molecule has 3 aliphatic heterocycles. The number of hydrogen-bond donors (Lipinski definition) is 0. The van der Waals surface area contributed by atoms with Crippen molar-refractivity contribution >= 4 is 50.4 Å². The lowest BCUT2D eigenvalue weighted by molar-refractivity contribution is 0.401. The minimum Gasteiger partial charge on any atom is -0.277 e. The Balaban J connectivity index is 1.76. The smallest absolute Gasteiger partial charge is 0.0796 e. The molecule has 1 saturated carbocycles. The van der Waals surface area contributed by atoms with Crippen LogP contribution >= 0.6 is 35.3 Å². The normalized spacial score (nSPS) is 49.2. The number of fused-ring (bicyclic) bond motifs is 6. The predicted molar refractivity (Wildman–Crippen MR) is 84.8 cm³/mol. The van der Waals surface area contributed by atoms with E-state index in [4.69, 9.17) is 15.0 Å². The first kappa shape index (κ1) is 11.9. The van der Waals surface area contributed by atoms with Gasteiger partial charge in [0.05, 0.1) is 49.0 Å². The Kier molecular flexibility index (Phi) is 2.65. The second kappa shape index (κ2) is 4.03. The third kappa shape index (κ3) is 1.58. The first-order valence-electron chi connectivity index (χ1n) is 6.26. The van der Waals surface area contributed by atoms with Crippen LogP contribution in [0, 0.1) is 0 Å². The summed E-state index contributed by atoms with van der Waals surface area (Å²) in [7, 11) is 0. The van der Waals surface area contributed by atoms with Gasteiger partial charge in [0.25, 0.3) is 0 Å². The van der Waals surface area contributed by atoms with Gasteiger partial charge in [-0.05, 0) is 20.8 Å². The molecule has 4 aliphatic rings. The summed E-state index contributed by atoms with van der Waals surface area (Å²) in [5, 5.41) is 5.36. The summed E-state index contributed by atoms with van der Waals surface area (Å²) >= 11 is 5.83. The Morgan fingerprint density at radius 3 is 1.17 bits per heavy atom. The number of thioether (sulfide) groups is 3. The second-order valence-corrected chi connectivity index (χ2v) is 9.28. The third-order valence-corrected chi connectivity index (χ3v) is 7.76. The summed E-state index contributed by atoms with van der Waals surface area (Å²) in [4.78, 5) is 14.6. The van der Waals surface area contributed by atoms with E-state index in [-0.39, 0.29) is 0 Å². The van der Waals surface area contributed by atoms with E-state index in [1.807, 2.05) is 35.3 Å². The van der Waals surface area contributed by atoms with Crippen molar-refractivity contribution in [3.8, 4) is 0 Å². The molecule has 3 nitrogen and oxygen atoms in total. The van der Waals surface area contributed by atoms with Crippen LogP contribution in [0.2, 0.25) is 0 Å². The maximum Gasteiger partial charge on any atom is 0.0796 e. The summed E-state index contributed by atoms with van der Waals surface area (Å²) in [5.41, 5.74) is 0. The van der Waals surface area contributed by atoms with Gasteiger partial charge in [0.2, 0.25) is 0 Å². The second-order valence-electron chi connectivity index (χ2n) is 5.16. The van der Waals surface area contributed by atoms with Crippen LogP contribution in [0.3, 0.4) is 0 Å². The molecule has 0 aromatic rings. The molecule has 0 radical (unpaired) electrons. The Hall–Kier alpha value is 0.0600. The molecule has 0 bridgehead atoms. The Morgan fingerprint density at radius 1 is 0.611 bits per heavy atom. The summed E-state index contributed by atoms with van der Waals surface area (Å²) in [5.74, 6) is 0. The van der Waals surface area contributed by atoms with Crippen molar-refractivity contribution in [2.24, 2.45) is 15.0 Å². The largest absolute Gasteiger partial charge is 0.277 e. The average molecular weight is 297 g/mol. The molecule has 0 aromatic carbocycles. The SMILES string of the molecule is CC1=NC2C3SC(C)=NC3C3SC(C)=NC3C2S1. The van der Waals surface area contributed by atoms with Gasteiger partial charge in [-0.1, -0.05) is 0 Å². The van der Waals surface area contributed by atoms with E-state index in [2.05, 4.69) is 20.8 Å². The molecule has 6 heteroatoms. The zero-order valence-electron chi connectivity index (χ0n) is 10.5. The highest BCUT2D eigenvalue weighted by Gasteiger charge is 2.57. The Bertz CT molecular complexity index is 415. The fourth-order valence-corrected chi connectivity index (χ4v) is 7.58. The number of rotatable bonds is 0. The van der Waals surface area contributed by atoms with E-state index >= 15 is 0 Å². The molecule has 0 aromatic heterocycles. The first-order chi connectivity index (χ1) is 8.63. The molecule has 0 amide bonds. The Labute approximate surface area is 120 Å². The summed E-state index contributed by atoms with van der Waals surface area (Å²) in [6.45, 7) is 6.41. The Morgan fingerprint density at radius 2 is 0.889 bits per heavy atom. The maximum atomic E-state index is 4.88. The summed E-state index contributed by atoms with van der Waals surface area (Å²) < 4.78 is 0. The molecule has 0 atom stereocenters. The van der Waals surface area contributed by atoms with Crippen molar-refractivity contribution in [2.75, 3.05) is 0 Å². The van der Waals surface area contributed by atoms with Gasteiger partial charge < -0.3 is 0 Å². The van der Waals surface area contributed by atoms with Gasteiger partial charge in [0.15, 0.2) is 0 Å². The van der Waals surface area contributed by atoms with Crippen LogP contribution in [0.1, 0.15) is 20.8 Å². The van der Waals surface area contributed by atoms with Crippen LogP contribution in [-0.4, -0.2) is 49.0 Å². The fraction of sp³-hybridized carbons (Fsp3) is 0.750. The average Bonchev–Trinajstić information content (AvgIpc) is 2.93. The number of nitrogens with zero attached hydrogens (tertiary/aromatic N) is 3. The van der Waals surface area contributed by atoms with E-state index < -0.39 is 0 Å². The molecule has 4 rings (SSSR count). The minimum absolute atomic E-state index is 0.419. The molecule has 0 spiro atoms. The van der Waals surface area contributed by atoms with Crippen molar-refractivity contribution in [3.05, 3.63) is 0 Å². The van der Waals surface area contributed by atoms with Crippen molar-refractivity contribution in [3.63, 3.8) is 0 Å². The van der Waals surface area contributed by atoms with Gasteiger partial charge >= 0.3 is 0 Å². The van der Waals surface area contributed by atoms with Crippen LogP contribution in [0.4, 0.5) is 0 Å². The molecule has 1 fully saturated rings. The standard InChI is InChI=1S/C12H15N3S3/c1-4-13-7-10(16-4)8-12(18-5(2)14-8)9-11(7)17-6(3)15-9/h7-12H,1-3H3. The lowest BCUT2D eigenvalue weighted by Crippen LogP contribution is -2.54. The van der Waals surface area contributed by atoms with E-state index in [9.17, 15) is 0 Å². The number of aliphatic imine (C=N–C) groups is 3. The lowest BCUT2D eigenvalue weighted by atomic mass is 9.86. The van der Waals surface area contributed by atoms with Gasteiger partial charge in [-0.3, -0.25) is 15.0 Å². The zero-order valence-corrected chi connectivity index (χ0v) is 13.0. The van der Waals surface area contributed by atoms with Crippen LogP contribution in [0.25, 0.3) is 0 Å². The molecule has 0 N–H and O–H groups in total. The van der Waals surface area contributed by atoms with Gasteiger partial charge in [-0.25, -0.2) is 0 Å². The summed E-state index contributed by atoms with van der Waals surface area (Å²) in [6.07, 6.45) is 0. The van der Waals surface area contributed by atoms with Crippen LogP contribution in [-0.2, 0) is 0 Å². The van der Waals surface area contributed by atoms with E-state index in [1.165, 1.54) is 15.1 Å². The van der Waals surface area contributed by atoms with Crippen molar-refractivity contribution in [2.45, 2.75) is 54.6 Å². The predicted octanol–water partition coefficient (Wildman–Crippen LogP) is 2.71.